The fourth-order valence-electron chi connectivity index (χ4n) is 3.77. The molecule has 1 unspecified atom stereocenters. The molecule has 0 bridgehead atoms. The lowest BCUT2D eigenvalue weighted by molar-refractivity contribution is 0.0701. The zero-order valence-corrected chi connectivity index (χ0v) is 16.6. The number of benzene rings is 2. The molecule has 1 saturated heterocycles. The quantitative estimate of drug-likeness (QED) is 0.681. The third-order valence-electron chi connectivity index (χ3n) is 5.29. The van der Waals surface area contributed by atoms with Gasteiger partial charge in [-0.05, 0) is 28.5 Å². The number of morpholine rings is 1. The predicted molar refractivity (Wildman–Crippen MR) is 110 cm³/mol. The van der Waals surface area contributed by atoms with Crippen molar-refractivity contribution >= 4 is 33.1 Å². The van der Waals surface area contributed by atoms with Gasteiger partial charge in [-0.1, -0.05) is 31.2 Å². The van der Waals surface area contributed by atoms with E-state index >= 15 is 0 Å². The fourth-order valence-corrected chi connectivity index (χ4v) is 5.01. The van der Waals surface area contributed by atoms with E-state index in [-0.39, 0.29) is 16.6 Å². The SMILES string of the molecule is CC(c1ccc2cc(F)ccc2c1)c1c(C(=O)O)sc(N2CCOCC2)c1C#N. The second-order valence-electron chi connectivity index (χ2n) is 7.01. The van der Waals surface area contributed by atoms with E-state index in [4.69, 9.17) is 4.74 Å². The highest BCUT2D eigenvalue weighted by Gasteiger charge is 2.30. The van der Waals surface area contributed by atoms with Crippen molar-refractivity contribution in [3.8, 4) is 6.07 Å². The van der Waals surface area contributed by atoms with Crippen LogP contribution in [0.25, 0.3) is 10.8 Å². The average molecular weight is 410 g/mol. The van der Waals surface area contributed by atoms with Gasteiger partial charge in [-0.3, -0.25) is 0 Å². The summed E-state index contributed by atoms with van der Waals surface area (Å²) in [5.74, 6) is -1.63. The molecule has 29 heavy (non-hydrogen) atoms. The number of carboxylic acids is 1. The van der Waals surface area contributed by atoms with Crippen molar-refractivity contribution in [3.63, 3.8) is 0 Å². The summed E-state index contributed by atoms with van der Waals surface area (Å²) in [6.07, 6.45) is 0. The lowest BCUT2D eigenvalue weighted by Gasteiger charge is -2.27. The van der Waals surface area contributed by atoms with Gasteiger partial charge in [0.25, 0.3) is 0 Å². The van der Waals surface area contributed by atoms with Crippen LogP contribution < -0.4 is 4.90 Å². The van der Waals surface area contributed by atoms with Crippen LogP contribution in [0.4, 0.5) is 9.39 Å². The van der Waals surface area contributed by atoms with Crippen LogP contribution in [0.1, 0.15) is 39.2 Å². The number of halogens is 1. The maximum atomic E-state index is 13.5. The number of ether oxygens (including phenoxy) is 1. The predicted octanol–water partition coefficient (Wildman–Crippen LogP) is 4.60. The zero-order valence-electron chi connectivity index (χ0n) is 15.8. The number of nitrogens with zero attached hydrogens (tertiary/aromatic N) is 2. The molecule has 1 aromatic heterocycles. The summed E-state index contributed by atoms with van der Waals surface area (Å²) in [5, 5.41) is 22.0. The number of fused-ring (bicyclic) bond motifs is 1. The first kappa shape index (κ1) is 19.4. The van der Waals surface area contributed by atoms with Gasteiger partial charge in [-0.25, -0.2) is 9.18 Å². The smallest absolute Gasteiger partial charge is 0.346 e. The Morgan fingerprint density at radius 3 is 2.62 bits per heavy atom. The summed E-state index contributed by atoms with van der Waals surface area (Å²) in [6, 6.07) is 12.4. The lowest BCUT2D eigenvalue weighted by Crippen LogP contribution is -2.36. The minimum atomic E-state index is -1.03. The molecule has 0 saturated carbocycles. The second-order valence-corrected chi connectivity index (χ2v) is 8.01. The Bertz CT molecular complexity index is 1130. The third-order valence-corrected chi connectivity index (χ3v) is 6.54. The molecule has 0 radical (unpaired) electrons. The fraction of sp³-hybridized carbons (Fsp3) is 0.273. The molecule has 1 N–H and O–H groups in total. The molecule has 3 aromatic rings. The van der Waals surface area contributed by atoms with E-state index in [1.54, 1.807) is 6.07 Å². The number of carbonyl (C=O) groups is 1. The maximum absolute atomic E-state index is 13.5. The number of hydrogen-bond acceptors (Lipinski definition) is 5. The standard InChI is InChI=1S/C22H19FN2O3S/c1-13(14-2-3-16-11-17(23)5-4-15(16)10-14)19-18(12-24)21(29-20(19)22(26)27)25-6-8-28-9-7-25/h2-5,10-11,13H,6-9H2,1H3,(H,26,27). The Morgan fingerprint density at radius 1 is 1.24 bits per heavy atom. The molecule has 1 aliphatic heterocycles. The molecule has 0 spiro atoms. The normalized spacial score (nSPS) is 15.3. The van der Waals surface area contributed by atoms with Crippen molar-refractivity contribution in [3.05, 3.63) is 63.8 Å². The summed E-state index contributed by atoms with van der Waals surface area (Å²) in [6.45, 7) is 4.27. The van der Waals surface area contributed by atoms with Crippen LogP contribution in [0.15, 0.2) is 36.4 Å². The van der Waals surface area contributed by atoms with Crippen molar-refractivity contribution in [1.82, 2.24) is 0 Å². The van der Waals surface area contributed by atoms with E-state index < -0.39 is 5.97 Å². The van der Waals surface area contributed by atoms with E-state index in [0.717, 1.165) is 27.7 Å². The van der Waals surface area contributed by atoms with Crippen molar-refractivity contribution in [1.29, 1.82) is 5.26 Å². The van der Waals surface area contributed by atoms with Crippen LogP contribution >= 0.6 is 11.3 Å². The van der Waals surface area contributed by atoms with Gasteiger partial charge in [0.15, 0.2) is 0 Å². The van der Waals surface area contributed by atoms with Crippen molar-refractivity contribution < 1.29 is 19.0 Å². The second kappa shape index (κ2) is 7.82. The number of thiophene rings is 1. The van der Waals surface area contributed by atoms with Crippen LogP contribution in [0.3, 0.4) is 0 Å². The Morgan fingerprint density at radius 2 is 1.93 bits per heavy atom. The van der Waals surface area contributed by atoms with E-state index in [2.05, 4.69) is 6.07 Å². The molecular weight excluding hydrogens is 391 g/mol. The molecule has 7 heteroatoms. The van der Waals surface area contributed by atoms with Crippen molar-refractivity contribution in [2.45, 2.75) is 12.8 Å². The maximum Gasteiger partial charge on any atom is 0.346 e. The van der Waals surface area contributed by atoms with Crippen LogP contribution in [0.5, 0.6) is 0 Å². The first-order valence-electron chi connectivity index (χ1n) is 9.31. The van der Waals surface area contributed by atoms with Gasteiger partial charge < -0.3 is 14.7 Å². The Labute approximate surface area is 171 Å². The van der Waals surface area contributed by atoms with Gasteiger partial charge in [0.2, 0.25) is 0 Å². The van der Waals surface area contributed by atoms with E-state index in [1.807, 2.05) is 30.0 Å². The third kappa shape index (κ3) is 3.57. The first-order chi connectivity index (χ1) is 14.0. The highest BCUT2D eigenvalue weighted by molar-refractivity contribution is 7.18. The molecule has 2 aromatic carbocycles. The lowest BCUT2D eigenvalue weighted by atomic mass is 9.89. The molecule has 5 nitrogen and oxygen atoms in total. The van der Waals surface area contributed by atoms with Crippen LogP contribution in [-0.4, -0.2) is 37.4 Å². The number of carboxylic acid groups (broad SMARTS) is 1. The van der Waals surface area contributed by atoms with Gasteiger partial charge >= 0.3 is 5.97 Å². The summed E-state index contributed by atoms with van der Waals surface area (Å²) in [7, 11) is 0. The molecule has 148 valence electrons. The van der Waals surface area contributed by atoms with Gasteiger partial charge in [-0.2, -0.15) is 5.26 Å². The minimum absolute atomic E-state index is 0.190. The Kier molecular flexibility index (Phi) is 5.22. The molecular formula is C22H19FN2O3S. The highest BCUT2D eigenvalue weighted by Crippen LogP contribution is 2.42. The largest absolute Gasteiger partial charge is 0.477 e. The Hall–Kier alpha value is -2.95. The topological polar surface area (TPSA) is 73.6 Å². The van der Waals surface area contributed by atoms with Gasteiger partial charge in [0.05, 0.1) is 18.8 Å². The van der Waals surface area contributed by atoms with Crippen molar-refractivity contribution in [2.75, 3.05) is 31.2 Å². The number of rotatable bonds is 4. The van der Waals surface area contributed by atoms with E-state index in [0.29, 0.717) is 42.4 Å². The number of aromatic carboxylic acids is 1. The number of anilines is 1. The zero-order chi connectivity index (χ0) is 20.5. The molecule has 1 atom stereocenters. The van der Waals surface area contributed by atoms with E-state index in [1.165, 1.54) is 12.1 Å². The molecule has 1 aliphatic rings. The monoisotopic (exact) mass is 410 g/mol. The van der Waals surface area contributed by atoms with Crippen LogP contribution in [0, 0.1) is 17.1 Å². The molecule has 0 aliphatic carbocycles. The summed E-state index contributed by atoms with van der Waals surface area (Å²) < 4.78 is 18.8. The van der Waals surface area contributed by atoms with Gasteiger partial charge in [-0.15, -0.1) is 11.3 Å². The van der Waals surface area contributed by atoms with Crippen molar-refractivity contribution in [2.24, 2.45) is 0 Å². The van der Waals surface area contributed by atoms with Gasteiger partial charge in [0.1, 0.15) is 21.8 Å². The molecule has 2 heterocycles. The van der Waals surface area contributed by atoms with Crippen LogP contribution in [0.2, 0.25) is 0 Å². The summed E-state index contributed by atoms with van der Waals surface area (Å²) in [4.78, 5) is 14.2. The van der Waals surface area contributed by atoms with Crippen LogP contribution in [-0.2, 0) is 4.74 Å². The first-order valence-corrected chi connectivity index (χ1v) is 10.1. The van der Waals surface area contributed by atoms with Gasteiger partial charge in [0, 0.05) is 24.6 Å². The number of nitriles is 1. The Balaban J connectivity index is 1.82. The van der Waals surface area contributed by atoms with E-state index in [9.17, 15) is 19.6 Å². The average Bonchev–Trinajstić information content (AvgIpc) is 3.13. The molecule has 1 fully saturated rings. The molecule has 4 rings (SSSR count). The minimum Gasteiger partial charge on any atom is -0.477 e. The highest BCUT2D eigenvalue weighted by atomic mass is 32.1. The number of hydrogen-bond donors (Lipinski definition) is 1. The summed E-state index contributed by atoms with van der Waals surface area (Å²) >= 11 is 1.15. The summed E-state index contributed by atoms with van der Waals surface area (Å²) in [5.41, 5.74) is 1.84. The molecule has 0 amide bonds.